The summed E-state index contributed by atoms with van der Waals surface area (Å²) in [5, 5.41) is 0. The summed E-state index contributed by atoms with van der Waals surface area (Å²) in [7, 11) is 0. The van der Waals surface area contributed by atoms with E-state index in [2.05, 4.69) is 69.4 Å². The minimum atomic E-state index is -0.783. The lowest BCUT2D eigenvalue weighted by Crippen LogP contribution is -2.30. The molecule has 0 aliphatic heterocycles. The van der Waals surface area contributed by atoms with Crippen LogP contribution in [0.5, 0.6) is 0 Å². The van der Waals surface area contributed by atoms with Crippen LogP contribution in [-0.4, -0.2) is 37.2 Å². The van der Waals surface area contributed by atoms with Crippen molar-refractivity contribution >= 4 is 17.9 Å². The molecule has 6 nitrogen and oxygen atoms in total. The smallest absolute Gasteiger partial charge is 0.306 e. The summed E-state index contributed by atoms with van der Waals surface area (Å²) < 4.78 is 16.8. The van der Waals surface area contributed by atoms with Crippen molar-refractivity contribution in [1.29, 1.82) is 0 Å². The molecule has 0 amide bonds. The van der Waals surface area contributed by atoms with E-state index < -0.39 is 6.10 Å². The third-order valence-corrected chi connectivity index (χ3v) is 13.0. The van der Waals surface area contributed by atoms with E-state index in [0.29, 0.717) is 19.3 Å². The zero-order chi connectivity index (χ0) is 49.3. The monoisotopic (exact) mass is 953 g/mol. The second-order valence-electron chi connectivity index (χ2n) is 19.9. The molecular weight excluding hydrogens is 841 g/mol. The molecule has 0 fully saturated rings. The molecule has 6 heteroatoms. The van der Waals surface area contributed by atoms with Crippen molar-refractivity contribution in [2.24, 2.45) is 0 Å². The molecule has 0 aromatic carbocycles. The lowest BCUT2D eigenvalue weighted by molar-refractivity contribution is -0.167. The molecule has 0 saturated carbocycles. The third kappa shape index (κ3) is 54.3. The van der Waals surface area contributed by atoms with Crippen molar-refractivity contribution in [2.45, 2.75) is 316 Å². The summed E-state index contributed by atoms with van der Waals surface area (Å²) in [6.07, 6.45) is 69.7. The zero-order valence-electron chi connectivity index (χ0n) is 45.4. The number of hydrogen-bond donors (Lipinski definition) is 0. The molecule has 1 unspecified atom stereocenters. The third-order valence-electron chi connectivity index (χ3n) is 13.0. The lowest BCUT2D eigenvalue weighted by atomic mass is 10.0. The Bertz CT molecular complexity index is 1190. The number of carbonyl (C=O) groups is 3. The Labute approximate surface area is 422 Å². The van der Waals surface area contributed by atoms with Gasteiger partial charge in [0.1, 0.15) is 13.2 Å². The van der Waals surface area contributed by atoms with E-state index in [-0.39, 0.29) is 31.1 Å². The van der Waals surface area contributed by atoms with Crippen molar-refractivity contribution < 1.29 is 28.6 Å². The molecule has 0 aromatic rings. The molecule has 0 radical (unpaired) electrons. The van der Waals surface area contributed by atoms with Gasteiger partial charge in [0.2, 0.25) is 0 Å². The zero-order valence-corrected chi connectivity index (χ0v) is 45.4. The van der Waals surface area contributed by atoms with Crippen LogP contribution in [-0.2, 0) is 28.6 Å². The highest BCUT2D eigenvalue weighted by Crippen LogP contribution is 2.16. The molecule has 1 atom stereocenters. The summed E-state index contributed by atoms with van der Waals surface area (Å²) in [5.41, 5.74) is 0. The molecule has 396 valence electrons. The number of hydrogen-bond acceptors (Lipinski definition) is 6. The van der Waals surface area contributed by atoms with Crippen molar-refractivity contribution in [3.63, 3.8) is 0 Å². The van der Waals surface area contributed by atoms with Crippen LogP contribution in [0, 0.1) is 0 Å². The van der Waals surface area contributed by atoms with Gasteiger partial charge in [0, 0.05) is 19.3 Å². The molecule has 0 aliphatic carbocycles. The van der Waals surface area contributed by atoms with Crippen LogP contribution in [0.1, 0.15) is 310 Å². The van der Waals surface area contributed by atoms with Gasteiger partial charge in [-0.25, -0.2) is 0 Å². The highest BCUT2D eigenvalue weighted by molar-refractivity contribution is 5.71. The molecule has 0 heterocycles. The summed E-state index contributed by atoms with van der Waals surface area (Å²) >= 11 is 0. The molecular formula is C62H112O6. The fourth-order valence-electron chi connectivity index (χ4n) is 8.52. The number of ether oxygens (including phenoxy) is 3. The van der Waals surface area contributed by atoms with Crippen LogP contribution in [0.4, 0.5) is 0 Å². The molecule has 68 heavy (non-hydrogen) atoms. The quantitative estimate of drug-likeness (QED) is 0.0262. The number of carbonyl (C=O) groups excluding carboxylic acids is 3. The standard InChI is InChI=1S/C62H112O6/c1-4-7-10-13-16-19-22-25-27-28-29-30-31-32-33-34-36-37-40-43-46-49-52-55-61(64)67-58-59(57-66-60(63)54-51-48-45-42-39-24-21-18-15-12-9-6-3)68-62(65)56-53-50-47-44-41-38-35-26-23-20-17-14-11-8-5-2/h17-18,20-21,26,28-29,35,59H,4-16,19,22-25,27,30-34,36-58H2,1-3H3/b20-17-,21-18-,29-28-,35-26-. The van der Waals surface area contributed by atoms with Gasteiger partial charge in [-0.2, -0.15) is 0 Å². The van der Waals surface area contributed by atoms with E-state index >= 15 is 0 Å². The summed E-state index contributed by atoms with van der Waals surface area (Å²) in [5.74, 6) is -0.892. The van der Waals surface area contributed by atoms with E-state index in [1.807, 2.05) is 0 Å². The molecule has 0 saturated heterocycles. The first-order valence-electron chi connectivity index (χ1n) is 29.6. The van der Waals surface area contributed by atoms with E-state index in [1.54, 1.807) is 0 Å². The second-order valence-corrected chi connectivity index (χ2v) is 19.9. The Hall–Kier alpha value is -2.63. The van der Waals surface area contributed by atoms with Crippen LogP contribution >= 0.6 is 0 Å². The Kier molecular flexibility index (Phi) is 54.8. The van der Waals surface area contributed by atoms with Gasteiger partial charge < -0.3 is 14.2 Å². The average Bonchev–Trinajstić information content (AvgIpc) is 3.34. The van der Waals surface area contributed by atoms with Crippen molar-refractivity contribution in [2.75, 3.05) is 13.2 Å². The maximum Gasteiger partial charge on any atom is 0.306 e. The van der Waals surface area contributed by atoms with Crippen LogP contribution < -0.4 is 0 Å². The largest absolute Gasteiger partial charge is 0.462 e. The van der Waals surface area contributed by atoms with Gasteiger partial charge in [-0.05, 0) is 103 Å². The van der Waals surface area contributed by atoms with Crippen LogP contribution in [0.2, 0.25) is 0 Å². The van der Waals surface area contributed by atoms with Crippen LogP contribution in [0.15, 0.2) is 48.6 Å². The van der Waals surface area contributed by atoms with Crippen LogP contribution in [0.3, 0.4) is 0 Å². The van der Waals surface area contributed by atoms with Gasteiger partial charge in [0.15, 0.2) is 6.10 Å². The van der Waals surface area contributed by atoms with Crippen LogP contribution in [0.25, 0.3) is 0 Å². The number of unbranched alkanes of at least 4 members (excludes halogenated alkanes) is 35. The Morgan fingerprint density at radius 2 is 0.529 bits per heavy atom. The Balaban J connectivity index is 4.28. The van der Waals surface area contributed by atoms with Gasteiger partial charge in [-0.1, -0.05) is 236 Å². The normalized spacial score (nSPS) is 12.3. The van der Waals surface area contributed by atoms with Crippen molar-refractivity contribution in [1.82, 2.24) is 0 Å². The molecule has 0 spiro atoms. The summed E-state index contributed by atoms with van der Waals surface area (Å²) in [6.45, 7) is 6.60. The molecule has 0 N–H and O–H groups in total. The highest BCUT2D eigenvalue weighted by atomic mass is 16.6. The molecule has 0 bridgehead atoms. The van der Waals surface area contributed by atoms with Crippen molar-refractivity contribution in [3.8, 4) is 0 Å². The van der Waals surface area contributed by atoms with E-state index in [0.717, 1.165) is 89.9 Å². The average molecular weight is 954 g/mol. The SMILES string of the molecule is CCCCC/C=C\C/C=C\CCCCCCCC(=O)OC(COC(=O)CCCCCCC/C=C\CCCCC)COC(=O)CCCCCCCCCCCCC/C=C\CCCCCCCCCC. The topological polar surface area (TPSA) is 78.9 Å². The molecule has 0 aliphatic rings. The first-order valence-corrected chi connectivity index (χ1v) is 29.6. The number of esters is 3. The predicted molar refractivity (Wildman–Crippen MR) is 293 cm³/mol. The van der Waals surface area contributed by atoms with Gasteiger partial charge in [-0.15, -0.1) is 0 Å². The van der Waals surface area contributed by atoms with Gasteiger partial charge in [0.05, 0.1) is 0 Å². The summed E-state index contributed by atoms with van der Waals surface area (Å²) in [4.78, 5) is 38.1. The first-order chi connectivity index (χ1) is 33.5. The van der Waals surface area contributed by atoms with Gasteiger partial charge in [0.25, 0.3) is 0 Å². The fourth-order valence-corrected chi connectivity index (χ4v) is 8.52. The van der Waals surface area contributed by atoms with Gasteiger partial charge in [-0.3, -0.25) is 14.4 Å². The maximum atomic E-state index is 12.8. The van der Waals surface area contributed by atoms with Crippen molar-refractivity contribution in [3.05, 3.63) is 48.6 Å². The Morgan fingerprint density at radius 3 is 0.853 bits per heavy atom. The first kappa shape index (κ1) is 65.4. The van der Waals surface area contributed by atoms with E-state index in [4.69, 9.17) is 14.2 Å². The van der Waals surface area contributed by atoms with Gasteiger partial charge >= 0.3 is 17.9 Å². The lowest BCUT2D eigenvalue weighted by Gasteiger charge is -2.18. The maximum absolute atomic E-state index is 12.8. The minimum absolute atomic E-state index is 0.0802. The fraction of sp³-hybridized carbons (Fsp3) is 0.823. The predicted octanol–water partition coefficient (Wildman–Crippen LogP) is 19.8. The number of rotatable bonds is 54. The van der Waals surface area contributed by atoms with E-state index in [9.17, 15) is 14.4 Å². The highest BCUT2D eigenvalue weighted by Gasteiger charge is 2.19. The second kappa shape index (κ2) is 57.0. The number of allylic oxidation sites excluding steroid dienone is 8. The Morgan fingerprint density at radius 1 is 0.294 bits per heavy atom. The molecule has 0 rings (SSSR count). The van der Waals surface area contributed by atoms with E-state index in [1.165, 1.54) is 180 Å². The molecule has 0 aromatic heterocycles. The summed E-state index contributed by atoms with van der Waals surface area (Å²) in [6, 6.07) is 0. The minimum Gasteiger partial charge on any atom is -0.462 e.